The molecule has 0 unspecified atom stereocenters. The standard InChI is InChI=1S/C18H16FNO5S/c1-26(22,23)10-13-9-14(19)4-5-15(13)20-18(21)7-3-12-2-6-16-17(8-12)25-11-24-16/h2-9H,10-11H2,1H3,(H,20,21)/b7-3+. The van der Waals surface area contributed by atoms with E-state index in [-0.39, 0.29) is 23.8 Å². The molecule has 0 fully saturated rings. The normalized spacial score (nSPS) is 13.2. The van der Waals surface area contributed by atoms with Crippen LogP contribution >= 0.6 is 0 Å². The number of rotatable bonds is 5. The van der Waals surface area contributed by atoms with Gasteiger partial charge in [-0.2, -0.15) is 0 Å². The predicted octanol–water partition coefficient (Wildman–Crippen LogP) is 2.75. The van der Waals surface area contributed by atoms with Gasteiger partial charge in [-0.1, -0.05) is 6.07 Å². The number of halogens is 1. The Morgan fingerprint density at radius 1 is 1.19 bits per heavy atom. The molecule has 0 aliphatic carbocycles. The van der Waals surface area contributed by atoms with Crippen molar-refractivity contribution < 1.29 is 27.1 Å². The fourth-order valence-electron chi connectivity index (χ4n) is 2.45. The maximum absolute atomic E-state index is 13.4. The molecule has 2 aromatic rings. The summed E-state index contributed by atoms with van der Waals surface area (Å²) in [4.78, 5) is 12.1. The van der Waals surface area contributed by atoms with Crippen LogP contribution in [-0.4, -0.2) is 27.4 Å². The van der Waals surface area contributed by atoms with Crippen molar-refractivity contribution in [2.75, 3.05) is 18.4 Å². The van der Waals surface area contributed by atoms with Crippen molar-refractivity contribution in [3.05, 3.63) is 59.4 Å². The minimum atomic E-state index is -3.38. The summed E-state index contributed by atoms with van der Waals surface area (Å²) in [5.74, 6) is -0.168. The van der Waals surface area contributed by atoms with Gasteiger partial charge in [-0.25, -0.2) is 12.8 Å². The molecular weight excluding hydrogens is 361 g/mol. The lowest BCUT2D eigenvalue weighted by atomic mass is 10.1. The quantitative estimate of drug-likeness (QED) is 0.811. The van der Waals surface area contributed by atoms with Gasteiger partial charge in [0.25, 0.3) is 0 Å². The number of amides is 1. The number of fused-ring (bicyclic) bond motifs is 1. The molecular formula is C18H16FNO5S. The van der Waals surface area contributed by atoms with Gasteiger partial charge in [-0.3, -0.25) is 4.79 Å². The predicted molar refractivity (Wildman–Crippen MR) is 95.2 cm³/mol. The van der Waals surface area contributed by atoms with E-state index in [4.69, 9.17) is 9.47 Å². The molecule has 136 valence electrons. The number of ether oxygens (including phenoxy) is 2. The van der Waals surface area contributed by atoms with Crippen LogP contribution in [0.15, 0.2) is 42.5 Å². The van der Waals surface area contributed by atoms with Gasteiger partial charge in [0.05, 0.1) is 5.75 Å². The number of benzene rings is 2. The van der Waals surface area contributed by atoms with Gasteiger partial charge in [0.15, 0.2) is 21.3 Å². The third-order valence-corrected chi connectivity index (χ3v) is 4.40. The average Bonchev–Trinajstić information content (AvgIpc) is 3.02. The lowest BCUT2D eigenvalue weighted by molar-refractivity contribution is -0.111. The number of nitrogens with one attached hydrogen (secondary N) is 1. The van der Waals surface area contributed by atoms with Crippen LogP contribution in [0.3, 0.4) is 0 Å². The molecule has 1 amide bonds. The Morgan fingerprint density at radius 3 is 2.73 bits per heavy atom. The molecule has 1 N–H and O–H groups in total. The lowest BCUT2D eigenvalue weighted by Crippen LogP contribution is -2.12. The van der Waals surface area contributed by atoms with Crippen LogP contribution < -0.4 is 14.8 Å². The molecule has 1 aliphatic heterocycles. The number of hydrogen-bond acceptors (Lipinski definition) is 5. The minimum Gasteiger partial charge on any atom is -0.454 e. The summed E-state index contributed by atoms with van der Waals surface area (Å²) in [5.41, 5.74) is 1.18. The van der Waals surface area contributed by atoms with Crippen LogP contribution in [0.5, 0.6) is 11.5 Å². The van der Waals surface area contributed by atoms with Crippen molar-refractivity contribution in [3.63, 3.8) is 0 Å². The first-order valence-electron chi connectivity index (χ1n) is 7.65. The van der Waals surface area contributed by atoms with Gasteiger partial charge in [0, 0.05) is 18.0 Å². The molecule has 0 atom stereocenters. The number of carbonyl (C=O) groups excluding carboxylic acids is 1. The lowest BCUT2D eigenvalue weighted by Gasteiger charge is -2.09. The van der Waals surface area contributed by atoms with Crippen LogP contribution in [0, 0.1) is 5.82 Å². The first kappa shape index (κ1) is 17.9. The summed E-state index contributed by atoms with van der Waals surface area (Å²) in [6, 6.07) is 8.83. The SMILES string of the molecule is CS(=O)(=O)Cc1cc(F)ccc1NC(=O)/C=C/c1ccc2c(c1)OCO2. The summed E-state index contributed by atoms with van der Waals surface area (Å²) >= 11 is 0. The van der Waals surface area contributed by atoms with E-state index in [2.05, 4.69) is 5.32 Å². The van der Waals surface area contributed by atoms with Crippen molar-refractivity contribution in [2.45, 2.75) is 5.75 Å². The summed E-state index contributed by atoms with van der Waals surface area (Å²) < 4.78 is 46.8. The van der Waals surface area contributed by atoms with E-state index in [9.17, 15) is 17.6 Å². The van der Waals surface area contributed by atoms with Gasteiger partial charge >= 0.3 is 0 Å². The van der Waals surface area contributed by atoms with Crippen LogP contribution in [-0.2, 0) is 20.4 Å². The smallest absolute Gasteiger partial charge is 0.248 e. The largest absolute Gasteiger partial charge is 0.454 e. The van der Waals surface area contributed by atoms with E-state index >= 15 is 0 Å². The molecule has 0 bridgehead atoms. The zero-order valence-electron chi connectivity index (χ0n) is 13.9. The Labute approximate surface area is 150 Å². The van der Waals surface area contributed by atoms with E-state index in [0.717, 1.165) is 24.0 Å². The molecule has 3 rings (SSSR count). The van der Waals surface area contributed by atoms with E-state index in [1.807, 2.05) is 0 Å². The van der Waals surface area contributed by atoms with E-state index in [0.29, 0.717) is 11.5 Å². The van der Waals surface area contributed by atoms with Crippen LogP contribution in [0.2, 0.25) is 0 Å². The fourth-order valence-corrected chi connectivity index (χ4v) is 3.25. The van der Waals surface area contributed by atoms with E-state index in [1.54, 1.807) is 24.3 Å². The zero-order valence-corrected chi connectivity index (χ0v) is 14.7. The van der Waals surface area contributed by atoms with Crippen molar-refractivity contribution in [1.29, 1.82) is 0 Å². The molecule has 1 heterocycles. The second kappa shape index (κ2) is 7.17. The first-order chi connectivity index (χ1) is 12.3. The Kier molecular flexibility index (Phi) is 4.94. The van der Waals surface area contributed by atoms with Gasteiger partial charge in [-0.05, 0) is 47.5 Å². The Hall–Kier alpha value is -2.87. The average molecular weight is 377 g/mol. The van der Waals surface area contributed by atoms with Gasteiger partial charge < -0.3 is 14.8 Å². The fraction of sp³-hybridized carbons (Fsp3) is 0.167. The van der Waals surface area contributed by atoms with Crippen molar-refractivity contribution in [2.24, 2.45) is 0 Å². The third kappa shape index (κ3) is 4.60. The molecule has 1 aliphatic rings. The first-order valence-corrected chi connectivity index (χ1v) is 9.71. The van der Waals surface area contributed by atoms with Crippen molar-refractivity contribution >= 4 is 27.5 Å². The topological polar surface area (TPSA) is 81.7 Å². The molecule has 0 radical (unpaired) electrons. The second-order valence-corrected chi connectivity index (χ2v) is 7.95. The molecule has 0 aromatic heterocycles. The van der Waals surface area contributed by atoms with Gasteiger partial charge in [-0.15, -0.1) is 0 Å². The maximum Gasteiger partial charge on any atom is 0.248 e. The van der Waals surface area contributed by atoms with Crippen LogP contribution in [0.25, 0.3) is 6.08 Å². The highest BCUT2D eigenvalue weighted by molar-refractivity contribution is 7.89. The third-order valence-electron chi connectivity index (χ3n) is 3.57. The highest BCUT2D eigenvalue weighted by Crippen LogP contribution is 2.32. The summed E-state index contributed by atoms with van der Waals surface area (Å²) in [6.07, 6.45) is 3.92. The highest BCUT2D eigenvalue weighted by Gasteiger charge is 2.13. The van der Waals surface area contributed by atoms with Crippen LogP contribution in [0.4, 0.5) is 10.1 Å². The van der Waals surface area contributed by atoms with Gasteiger partial charge in [0.2, 0.25) is 12.7 Å². The Morgan fingerprint density at radius 2 is 1.96 bits per heavy atom. The molecule has 0 saturated heterocycles. The summed E-state index contributed by atoms with van der Waals surface area (Å²) in [7, 11) is -3.38. The summed E-state index contributed by atoms with van der Waals surface area (Å²) in [6.45, 7) is 0.163. The van der Waals surface area contributed by atoms with Crippen molar-refractivity contribution in [1.82, 2.24) is 0 Å². The Bertz CT molecular complexity index is 985. The molecule has 2 aromatic carbocycles. The molecule has 0 saturated carbocycles. The summed E-state index contributed by atoms with van der Waals surface area (Å²) in [5, 5.41) is 2.57. The number of carbonyl (C=O) groups is 1. The molecule has 26 heavy (non-hydrogen) atoms. The number of sulfone groups is 1. The molecule has 0 spiro atoms. The van der Waals surface area contributed by atoms with E-state index < -0.39 is 21.6 Å². The van der Waals surface area contributed by atoms with Gasteiger partial charge in [0.1, 0.15) is 5.82 Å². The highest BCUT2D eigenvalue weighted by atomic mass is 32.2. The Balaban J connectivity index is 1.74. The maximum atomic E-state index is 13.4. The minimum absolute atomic E-state index is 0.163. The van der Waals surface area contributed by atoms with Crippen LogP contribution in [0.1, 0.15) is 11.1 Å². The zero-order chi connectivity index (χ0) is 18.7. The number of anilines is 1. The second-order valence-electron chi connectivity index (χ2n) is 5.81. The molecule has 6 nitrogen and oxygen atoms in total. The molecule has 8 heteroatoms. The monoisotopic (exact) mass is 377 g/mol. The van der Waals surface area contributed by atoms with Crippen molar-refractivity contribution in [3.8, 4) is 11.5 Å². The number of hydrogen-bond donors (Lipinski definition) is 1. The van der Waals surface area contributed by atoms with E-state index in [1.165, 1.54) is 12.1 Å².